The fourth-order valence-corrected chi connectivity index (χ4v) is 2.47. The first-order valence-corrected chi connectivity index (χ1v) is 6.24. The van der Waals surface area contributed by atoms with Gasteiger partial charge in [0.05, 0.1) is 11.1 Å². The molecule has 2 aromatic rings. The average molecular weight is 260 g/mol. The molecular weight excluding hydrogens is 247 g/mol. The second kappa shape index (κ2) is 4.50. The van der Waals surface area contributed by atoms with E-state index in [9.17, 15) is 14.3 Å². The SMILES string of the molecule is O=C(O)c1cc(N2CCCC2)nc2ccc(F)cc12. The molecule has 1 saturated heterocycles. The molecule has 0 aliphatic carbocycles. The van der Waals surface area contributed by atoms with Crippen LogP contribution < -0.4 is 4.90 Å². The molecule has 1 aliphatic rings. The highest BCUT2D eigenvalue weighted by molar-refractivity contribution is 6.03. The zero-order valence-electron chi connectivity index (χ0n) is 10.3. The molecule has 1 aromatic heterocycles. The van der Waals surface area contributed by atoms with Crippen molar-refractivity contribution >= 4 is 22.7 Å². The summed E-state index contributed by atoms with van der Waals surface area (Å²) in [5, 5.41) is 9.62. The Hall–Kier alpha value is -2.17. The summed E-state index contributed by atoms with van der Waals surface area (Å²) in [4.78, 5) is 17.8. The van der Waals surface area contributed by atoms with Gasteiger partial charge in [-0.05, 0) is 37.1 Å². The van der Waals surface area contributed by atoms with E-state index in [0.717, 1.165) is 25.9 Å². The Kier molecular flexibility index (Phi) is 2.81. The molecule has 0 spiro atoms. The van der Waals surface area contributed by atoms with Gasteiger partial charge < -0.3 is 10.0 Å². The van der Waals surface area contributed by atoms with E-state index >= 15 is 0 Å². The molecule has 3 rings (SSSR count). The van der Waals surface area contributed by atoms with Crippen LogP contribution in [0.3, 0.4) is 0 Å². The van der Waals surface area contributed by atoms with E-state index in [2.05, 4.69) is 9.88 Å². The monoisotopic (exact) mass is 260 g/mol. The lowest BCUT2D eigenvalue weighted by Gasteiger charge is -2.17. The van der Waals surface area contributed by atoms with Crippen molar-refractivity contribution in [2.75, 3.05) is 18.0 Å². The maximum Gasteiger partial charge on any atom is 0.336 e. The first-order chi connectivity index (χ1) is 9.15. The van der Waals surface area contributed by atoms with Gasteiger partial charge in [-0.1, -0.05) is 0 Å². The minimum atomic E-state index is -1.06. The smallest absolute Gasteiger partial charge is 0.336 e. The highest BCUT2D eigenvalue weighted by atomic mass is 19.1. The topological polar surface area (TPSA) is 53.4 Å². The molecule has 2 heterocycles. The van der Waals surface area contributed by atoms with E-state index in [1.165, 1.54) is 24.3 Å². The fourth-order valence-electron chi connectivity index (χ4n) is 2.47. The van der Waals surface area contributed by atoms with Crippen LogP contribution in [0.15, 0.2) is 24.3 Å². The lowest BCUT2D eigenvalue weighted by atomic mass is 10.1. The predicted octanol–water partition coefficient (Wildman–Crippen LogP) is 2.67. The van der Waals surface area contributed by atoms with Crippen molar-refractivity contribution in [1.29, 1.82) is 0 Å². The zero-order chi connectivity index (χ0) is 13.4. The van der Waals surface area contributed by atoms with Crippen molar-refractivity contribution in [3.05, 3.63) is 35.6 Å². The Balaban J connectivity index is 2.21. The quantitative estimate of drug-likeness (QED) is 0.902. The van der Waals surface area contributed by atoms with Crippen molar-refractivity contribution in [3.8, 4) is 0 Å². The van der Waals surface area contributed by atoms with Crippen LogP contribution in [0.25, 0.3) is 10.9 Å². The minimum absolute atomic E-state index is 0.103. The lowest BCUT2D eigenvalue weighted by Crippen LogP contribution is -2.19. The summed E-state index contributed by atoms with van der Waals surface area (Å²) in [5.41, 5.74) is 0.620. The molecule has 19 heavy (non-hydrogen) atoms. The highest BCUT2D eigenvalue weighted by Gasteiger charge is 2.18. The van der Waals surface area contributed by atoms with Crippen LogP contribution in [0.1, 0.15) is 23.2 Å². The molecule has 0 bridgehead atoms. The van der Waals surface area contributed by atoms with Crippen molar-refractivity contribution in [2.45, 2.75) is 12.8 Å². The molecule has 1 aliphatic heterocycles. The standard InChI is InChI=1S/C14H13FN2O2/c15-9-3-4-12-10(7-9)11(14(18)19)8-13(16-12)17-5-1-2-6-17/h3-4,7-8H,1-2,5-6H2,(H,18,19). The van der Waals surface area contributed by atoms with Gasteiger partial charge in [-0.3, -0.25) is 0 Å². The van der Waals surface area contributed by atoms with Crippen LogP contribution in [-0.4, -0.2) is 29.1 Å². The fraction of sp³-hybridized carbons (Fsp3) is 0.286. The van der Waals surface area contributed by atoms with Crippen molar-refractivity contribution in [1.82, 2.24) is 4.98 Å². The number of hydrogen-bond donors (Lipinski definition) is 1. The number of aromatic nitrogens is 1. The number of aromatic carboxylic acids is 1. The van der Waals surface area contributed by atoms with E-state index in [1.807, 2.05) is 0 Å². The maximum absolute atomic E-state index is 13.3. The van der Waals surface area contributed by atoms with E-state index in [0.29, 0.717) is 16.7 Å². The lowest BCUT2D eigenvalue weighted by molar-refractivity contribution is 0.0699. The van der Waals surface area contributed by atoms with Gasteiger partial charge in [-0.2, -0.15) is 0 Å². The number of carboxylic acids is 1. The number of anilines is 1. The Morgan fingerprint density at radius 2 is 2.00 bits per heavy atom. The van der Waals surface area contributed by atoms with Gasteiger partial charge >= 0.3 is 5.97 Å². The van der Waals surface area contributed by atoms with Gasteiger partial charge in [0.2, 0.25) is 0 Å². The van der Waals surface area contributed by atoms with E-state index in [-0.39, 0.29) is 5.56 Å². The van der Waals surface area contributed by atoms with Crippen molar-refractivity contribution in [2.24, 2.45) is 0 Å². The highest BCUT2D eigenvalue weighted by Crippen LogP contribution is 2.26. The van der Waals surface area contributed by atoms with Gasteiger partial charge in [-0.15, -0.1) is 0 Å². The summed E-state index contributed by atoms with van der Waals surface area (Å²) in [5.74, 6) is -0.849. The maximum atomic E-state index is 13.3. The summed E-state index contributed by atoms with van der Waals surface area (Å²) in [6, 6.07) is 5.58. The Morgan fingerprint density at radius 3 is 2.68 bits per heavy atom. The molecule has 0 atom stereocenters. The van der Waals surface area contributed by atoms with Gasteiger partial charge in [0, 0.05) is 18.5 Å². The summed E-state index contributed by atoms with van der Waals surface area (Å²) in [7, 11) is 0. The second-order valence-electron chi connectivity index (χ2n) is 4.69. The van der Waals surface area contributed by atoms with Gasteiger partial charge in [0.25, 0.3) is 0 Å². The van der Waals surface area contributed by atoms with Gasteiger partial charge in [0.15, 0.2) is 0 Å². The molecule has 1 aromatic carbocycles. The Labute approximate surface area is 109 Å². The molecule has 4 nitrogen and oxygen atoms in total. The average Bonchev–Trinajstić information content (AvgIpc) is 2.91. The van der Waals surface area contributed by atoms with Crippen molar-refractivity contribution < 1.29 is 14.3 Å². The number of carboxylic acid groups (broad SMARTS) is 1. The van der Waals surface area contributed by atoms with E-state index < -0.39 is 11.8 Å². The number of rotatable bonds is 2. The molecule has 1 fully saturated rings. The Bertz CT molecular complexity index is 651. The third kappa shape index (κ3) is 2.12. The summed E-state index contributed by atoms with van der Waals surface area (Å²) < 4.78 is 13.3. The molecular formula is C14H13FN2O2. The number of nitrogens with zero attached hydrogens (tertiary/aromatic N) is 2. The number of carbonyl (C=O) groups is 1. The molecule has 98 valence electrons. The third-order valence-corrected chi connectivity index (χ3v) is 3.42. The van der Waals surface area contributed by atoms with Crippen LogP contribution >= 0.6 is 0 Å². The van der Waals surface area contributed by atoms with Crippen LogP contribution in [-0.2, 0) is 0 Å². The molecule has 0 amide bonds. The molecule has 0 saturated carbocycles. The number of fused-ring (bicyclic) bond motifs is 1. The van der Waals surface area contributed by atoms with Crippen LogP contribution in [0.2, 0.25) is 0 Å². The molecule has 1 N–H and O–H groups in total. The van der Waals surface area contributed by atoms with Crippen molar-refractivity contribution in [3.63, 3.8) is 0 Å². The van der Waals surface area contributed by atoms with Crippen LogP contribution in [0.5, 0.6) is 0 Å². The van der Waals surface area contributed by atoms with Gasteiger partial charge in [0.1, 0.15) is 11.6 Å². The number of pyridine rings is 1. The Morgan fingerprint density at radius 1 is 1.26 bits per heavy atom. The van der Waals surface area contributed by atoms with Crippen LogP contribution in [0.4, 0.5) is 10.2 Å². The van der Waals surface area contributed by atoms with E-state index in [4.69, 9.17) is 0 Å². The summed E-state index contributed by atoms with van der Waals surface area (Å²) in [6.45, 7) is 1.78. The zero-order valence-corrected chi connectivity index (χ0v) is 10.3. The number of benzene rings is 1. The number of halogens is 1. The first kappa shape index (κ1) is 11.9. The largest absolute Gasteiger partial charge is 0.478 e. The second-order valence-corrected chi connectivity index (χ2v) is 4.69. The normalized spacial score (nSPS) is 15.1. The summed E-state index contributed by atoms with van der Waals surface area (Å²) >= 11 is 0. The summed E-state index contributed by atoms with van der Waals surface area (Å²) in [6.07, 6.45) is 2.18. The van der Waals surface area contributed by atoms with Crippen LogP contribution in [0, 0.1) is 5.82 Å². The first-order valence-electron chi connectivity index (χ1n) is 6.24. The van der Waals surface area contributed by atoms with E-state index in [1.54, 1.807) is 0 Å². The molecule has 0 unspecified atom stereocenters. The molecule has 5 heteroatoms. The minimum Gasteiger partial charge on any atom is -0.478 e. The number of hydrogen-bond acceptors (Lipinski definition) is 3. The predicted molar refractivity (Wildman–Crippen MR) is 70.1 cm³/mol. The third-order valence-electron chi connectivity index (χ3n) is 3.42. The molecule has 0 radical (unpaired) electrons. The van der Waals surface area contributed by atoms with Gasteiger partial charge in [-0.25, -0.2) is 14.2 Å².